The molecule has 2 N–H and O–H groups in total. The highest BCUT2D eigenvalue weighted by molar-refractivity contribution is 6.31. The first kappa shape index (κ1) is 20.7. The molecule has 0 heterocycles. The third-order valence-electron chi connectivity index (χ3n) is 5.24. The molecule has 2 atom stereocenters. The van der Waals surface area contributed by atoms with Gasteiger partial charge in [-0.05, 0) is 42.5 Å². The fourth-order valence-electron chi connectivity index (χ4n) is 3.60. The van der Waals surface area contributed by atoms with Gasteiger partial charge >= 0.3 is 0 Å². The minimum absolute atomic E-state index is 0.0106. The third-order valence-corrected chi connectivity index (χ3v) is 5.98. The Kier molecular flexibility index (Phi) is 7.35. The number of carbonyl (C=O) groups is 2. The first-order valence-electron chi connectivity index (χ1n) is 9.57. The molecule has 2 aromatic rings. The fraction of sp³-hybridized carbons (Fsp3) is 0.364. The van der Waals surface area contributed by atoms with Gasteiger partial charge in [-0.25, -0.2) is 0 Å². The predicted molar refractivity (Wildman–Crippen MR) is 112 cm³/mol. The van der Waals surface area contributed by atoms with E-state index in [1.54, 1.807) is 0 Å². The molecule has 0 saturated heterocycles. The fourth-order valence-corrected chi connectivity index (χ4v) is 4.01. The molecule has 1 aliphatic carbocycles. The van der Waals surface area contributed by atoms with Crippen LogP contribution in [0.25, 0.3) is 0 Å². The van der Waals surface area contributed by atoms with Gasteiger partial charge < -0.3 is 10.6 Å². The lowest BCUT2D eigenvalue weighted by molar-refractivity contribution is -0.130. The Hall–Kier alpha value is -2.04. The molecule has 1 fully saturated rings. The summed E-state index contributed by atoms with van der Waals surface area (Å²) in [4.78, 5) is 25.1. The zero-order valence-corrected chi connectivity index (χ0v) is 17.1. The van der Waals surface area contributed by atoms with E-state index in [9.17, 15) is 9.59 Å². The summed E-state index contributed by atoms with van der Waals surface area (Å²) in [5.41, 5.74) is 1.78. The monoisotopic (exact) mass is 418 g/mol. The Morgan fingerprint density at radius 3 is 1.64 bits per heavy atom. The largest absolute Gasteiger partial charge is 0.352 e. The molecule has 2 unspecified atom stereocenters. The van der Waals surface area contributed by atoms with Crippen LogP contribution in [0.15, 0.2) is 48.5 Å². The lowest BCUT2D eigenvalue weighted by atomic mass is 9.80. The molecule has 28 heavy (non-hydrogen) atoms. The molecule has 148 valence electrons. The van der Waals surface area contributed by atoms with E-state index in [4.69, 9.17) is 23.2 Å². The topological polar surface area (TPSA) is 58.2 Å². The Morgan fingerprint density at radius 2 is 1.21 bits per heavy atom. The Balaban J connectivity index is 1.50. The minimum Gasteiger partial charge on any atom is -0.352 e. The van der Waals surface area contributed by atoms with Crippen molar-refractivity contribution in [3.63, 3.8) is 0 Å². The summed E-state index contributed by atoms with van der Waals surface area (Å²) in [6.07, 6.45) is 3.06. The van der Waals surface area contributed by atoms with E-state index in [2.05, 4.69) is 10.6 Å². The number of benzene rings is 2. The Bertz CT molecular complexity index is 773. The summed E-state index contributed by atoms with van der Waals surface area (Å²) in [7, 11) is 0. The number of halogens is 2. The number of hydrogen-bond donors (Lipinski definition) is 2. The second kappa shape index (κ2) is 9.94. The number of rotatable bonds is 6. The molecule has 4 nitrogen and oxygen atoms in total. The number of hydrogen-bond acceptors (Lipinski definition) is 2. The SMILES string of the molecule is O=C(NCc1ccccc1Cl)C1CCCC(C(=O)NCc2ccccc2Cl)C1. The van der Waals surface area contributed by atoms with Crippen molar-refractivity contribution in [3.05, 3.63) is 69.7 Å². The van der Waals surface area contributed by atoms with Crippen molar-refractivity contribution >= 4 is 35.0 Å². The van der Waals surface area contributed by atoms with Crippen LogP contribution in [-0.2, 0) is 22.7 Å². The van der Waals surface area contributed by atoms with Gasteiger partial charge in [0.2, 0.25) is 11.8 Å². The van der Waals surface area contributed by atoms with Gasteiger partial charge in [-0.2, -0.15) is 0 Å². The Labute approximate surface area is 175 Å². The molecule has 2 aromatic carbocycles. The third kappa shape index (κ3) is 5.49. The van der Waals surface area contributed by atoms with Crippen LogP contribution in [0, 0.1) is 11.8 Å². The minimum atomic E-state index is -0.146. The highest BCUT2D eigenvalue weighted by Crippen LogP contribution is 2.30. The molecule has 2 amide bonds. The van der Waals surface area contributed by atoms with Crippen molar-refractivity contribution in [3.8, 4) is 0 Å². The van der Waals surface area contributed by atoms with Crippen molar-refractivity contribution in [1.29, 1.82) is 0 Å². The first-order valence-corrected chi connectivity index (χ1v) is 10.3. The Morgan fingerprint density at radius 1 is 0.786 bits per heavy atom. The molecule has 0 bridgehead atoms. The maximum atomic E-state index is 12.6. The molecule has 3 rings (SSSR count). The van der Waals surface area contributed by atoms with Crippen molar-refractivity contribution in [1.82, 2.24) is 10.6 Å². The number of amides is 2. The van der Waals surface area contributed by atoms with Crippen molar-refractivity contribution in [2.75, 3.05) is 0 Å². The quantitative estimate of drug-likeness (QED) is 0.711. The van der Waals surface area contributed by atoms with E-state index in [1.807, 2.05) is 48.5 Å². The first-order chi connectivity index (χ1) is 13.5. The lowest BCUT2D eigenvalue weighted by Crippen LogP contribution is -2.38. The van der Waals surface area contributed by atoms with Gasteiger partial charge in [0.05, 0.1) is 0 Å². The maximum Gasteiger partial charge on any atom is 0.223 e. The van der Waals surface area contributed by atoms with E-state index >= 15 is 0 Å². The average molecular weight is 419 g/mol. The molecule has 0 aromatic heterocycles. The predicted octanol–water partition coefficient (Wildman–Crippen LogP) is 4.73. The average Bonchev–Trinajstić information content (AvgIpc) is 2.72. The van der Waals surface area contributed by atoms with E-state index < -0.39 is 0 Å². The summed E-state index contributed by atoms with van der Waals surface area (Å²) >= 11 is 12.3. The molecule has 0 aliphatic heterocycles. The molecule has 6 heteroatoms. The van der Waals surface area contributed by atoms with Crippen LogP contribution in [0.5, 0.6) is 0 Å². The highest BCUT2D eigenvalue weighted by Gasteiger charge is 2.31. The van der Waals surface area contributed by atoms with Gasteiger partial charge in [0.25, 0.3) is 0 Å². The normalized spacial score (nSPS) is 19.1. The van der Waals surface area contributed by atoms with E-state index in [0.717, 1.165) is 30.4 Å². The zero-order chi connectivity index (χ0) is 19.9. The highest BCUT2D eigenvalue weighted by atomic mass is 35.5. The van der Waals surface area contributed by atoms with Gasteiger partial charge in [0.1, 0.15) is 0 Å². The summed E-state index contributed by atoms with van der Waals surface area (Å²) in [5.74, 6) is -0.313. The lowest BCUT2D eigenvalue weighted by Gasteiger charge is -2.27. The second-order valence-electron chi connectivity index (χ2n) is 7.18. The van der Waals surface area contributed by atoms with Crippen molar-refractivity contribution < 1.29 is 9.59 Å². The molecule has 0 radical (unpaired) electrons. The van der Waals surface area contributed by atoms with Crippen LogP contribution in [0.2, 0.25) is 10.0 Å². The smallest absolute Gasteiger partial charge is 0.223 e. The van der Waals surface area contributed by atoms with Crippen LogP contribution in [-0.4, -0.2) is 11.8 Å². The number of nitrogens with one attached hydrogen (secondary N) is 2. The van der Waals surface area contributed by atoms with E-state index in [0.29, 0.717) is 29.6 Å². The van der Waals surface area contributed by atoms with Gasteiger partial charge in [-0.1, -0.05) is 66.0 Å². The van der Waals surface area contributed by atoms with Crippen LogP contribution < -0.4 is 10.6 Å². The van der Waals surface area contributed by atoms with E-state index in [-0.39, 0.29) is 23.7 Å². The van der Waals surface area contributed by atoms with Crippen LogP contribution in [0.1, 0.15) is 36.8 Å². The summed E-state index contributed by atoms with van der Waals surface area (Å²) in [5, 5.41) is 7.21. The summed E-state index contributed by atoms with van der Waals surface area (Å²) in [6.45, 7) is 0.802. The summed E-state index contributed by atoms with van der Waals surface area (Å²) in [6, 6.07) is 14.9. The van der Waals surface area contributed by atoms with Crippen LogP contribution >= 0.6 is 23.2 Å². The molecule has 1 saturated carbocycles. The van der Waals surface area contributed by atoms with Gasteiger partial charge in [-0.15, -0.1) is 0 Å². The molecular formula is C22H24Cl2N2O2. The van der Waals surface area contributed by atoms with Crippen molar-refractivity contribution in [2.24, 2.45) is 11.8 Å². The zero-order valence-electron chi connectivity index (χ0n) is 15.6. The summed E-state index contributed by atoms with van der Waals surface area (Å²) < 4.78 is 0. The van der Waals surface area contributed by atoms with Crippen molar-refractivity contribution in [2.45, 2.75) is 38.8 Å². The maximum absolute atomic E-state index is 12.6. The van der Waals surface area contributed by atoms with Crippen LogP contribution in [0.3, 0.4) is 0 Å². The number of carbonyl (C=O) groups excluding carboxylic acids is 2. The standard InChI is InChI=1S/C22H24Cl2N2O2/c23-19-10-3-1-6-17(19)13-25-21(27)15-8-5-9-16(12-15)22(28)26-14-18-7-2-4-11-20(18)24/h1-4,6-7,10-11,15-16H,5,8-9,12-14H2,(H,25,27)(H,26,28). The van der Waals surface area contributed by atoms with Gasteiger partial charge in [0, 0.05) is 35.0 Å². The molecular weight excluding hydrogens is 395 g/mol. The molecule has 0 spiro atoms. The van der Waals surface area contributed by atoms with Crippen LogP contribution in [0.4, 0.5) is 0 Å². The molecule has 1 aliphatic rings. The van der Waals surface area contributed by atoms with Gasteiger partial charge in [0.15, 0.2) is 0 Å². The second-order valence-corrected chi connectivity index (χ2v) is 7.99. The van der Waals surface area contributed by atoms with E-state index in [1.165, 1.54) is 0 Å². The van der Waals surface area contributed by atoms with Gasteiger partial charge in [-0.3, -0.25) is 9.59 Å².